The largest absolute Gasteiger partial charge is 0.0885 e. The van der Waals surface area contributed by atoms with Crippen molar-refractivity contribution in [3.05, 3.63) is 46.5 Å². The SMILES string of the molecule is C1=CCCCCCC1.C1=CCCCCCC1.C1=CCCCCCC1.Cl/C1=C(\Cl)CCCCCC1.[Ir].[Ir]. The van der Waals surface area contributed by atoms with Crippen LogP contribution in [0.4, 0.5) is 0 Å². The second-order valence-corrected chi connectivity index (χ2v) is 11.0. The standard InChI is InChI=1S/C8H12Cl2.3C8H14.2Ir/c9-7-5-3-1-2-4-6-8(7)10;3*1-2-4-6-8-7-5-3-1;;/h1-6H2;3*1-2H,3-8H2;;/b8-7-;;;;;. The number of hydrogen-bond acceptors (Lipinski definition) is 0. The fraction of sp³-hybridized carbons (Fsp3) is 0.750. The van der Waals surface area contributed by atoms with E-state index in [1.54, 1.807) is 0 Å². The Kier molecular flexibility index (Phi) is 34.7. The predicted octanol–water partition coefficient (Wildman–Crippen LogP) is 12.7. The van der Waals surface area contributed by atoms with Gasteiger partial charge in [-0.3, -0.25) is 0 Å². The van der Waals surface area contributed by atoms with Gasteiger partial charge >= 0.3 is 0 Å². The zero-order valence-corrected chi connectivity index (χ0v) is 29.2. The topological polar surface area (TPSA) is 0 Å². The predicted molar refractivity (Wildman–Crippen MR) is 157 cm³/mol. The van der Waals surface area contributed by atoms with Crippen molar-refractivity contribution < 1.29 is 40.2 Å². The molecule has 0 atom stereocenters. The van der Waals surface area contributed by atoms with Gasteiger partial charge in [-0.25, -0.2) is 0 Å². The van der Waals surface area contributed by atoms with Gasteiger partial charge in [0, 0.05) is 50.3 Å². The van der Waals surface area contributed by atoms with Gasteiger partial charge in [0.1, 0.15) is 0 Å². The summed E-state index contributed by atoms with van der Waals surface area (Å²) in [5.74, 6) is 0. The van der Waals surface area contributed by atoms with Crippen LogP contribution in [-0.4, -0.2) is 0 Å². The molecule has 0 spiro atoms. The molecule has 0 aromatic rings. The van der Waals surface area contributed by atoms with Crippen LogP contribution in [0, 0.1) is 0 Å². The minimum absolute atomic E-state index is 0. The summed E-state index contributed by atoms with van der Waals surface area (Å²) in [6.45, 7) is 0. The van der Waals surface area contributed by atoms with Crippen LogP contribution in [-0.2, 0) is 40.2 Å². The molecule has 0 unspecified atom stereocenters. The van der Waals surface area contributed by atoms with Gasteiger partial charge in [0.2, 0.25) is 0 Å². The van der Waals surface area contributed by atoms with Gasteiger partial charge in [-0.05, 0) is 103 Å². The second kappa shape index (κ2) is 32.1. The Bertz CT molecular complexity index is 468. The number of halogens is 2. The molecule has 4 aliphatic carbocycles. The fourth-order valence-electron chi connectivity index (χ4n) is 4.53. The molecule has 4 heteroatoms. The van der Waals surface area contributed by atoms with E-state index in [9.17, 15) is 0 Å². The normalized spacial score (nSPS) is 22.8. The molecule has 0 aromatic carbocycles. The Morgan fingerprint density at radius 2 is 0.500 bits per heavy atom. The van der Waals surface area contributed by atoms with Crippen molar-refractivity contribution in [2.24, 2.45) is 0 Å². The smallest absolute Gasteiger partial charge is 0.0325 e. The average molecular weight is 894 g/mol. The Morgan fingerprint density at radius 3 is 0.722 bits per heavy atom. The maximum Gasteiger partial charge on any atom is 0.0325 e. The van der Waals surface area contributed by atoms with Crippen LogP contribution in [0.1, 0.15) is 154 Å². The third kappa shape index (κ3) is 27.9. The van der Waals surface area contributed by atoms with Crippen LogP contribution in [0.15, 0.2) is 46.5 Å². The van der Waals surface area contributed by atoms with Gasteiger partial charge in [0.05, 0.1) is 0 Å². The molecule has 0 saturated heterocycles. The van der Waals surface area contributed by atoms with Gasteiger partial charge in [-0.2, -0.15) is 0 Å². The van der Waals surface area contributed by atoms with Crippen molar-refractivity contribution in [3.8, 4) is 0 Å². The molecule has 0 saturated carbocycles. The van der Waals surface area contributed by atoms with E-state index in [0.717, 1.165) is 22.9 Å². The van der Waals surface area contributed by atoms with Crippen LogP contribution in [0.3, 0.4) is 0 Å². The third-order valence-corrected chi connectivity index (χ3v) is 7.74. The van der Waals surface area contributed by atoms with E-state index in [1.165, 1.54) is 141 Å². The Labute approximate surface area is 262 Å². The van der Waals surface area contributed by atoms with E-state index in [-0.39, 0.29) is 40.2 Å². The van der Waals surface area contributed by atoms with Crippen LogP contribution in [0.2, 0.25) is 0 Å². The zero-order chi connectivity index (χ0) is 24.4. The first-order valence-corrected chi connectivity index (χ1v) is 15.5. The molecule has 0 amide bonds. The van der Waals surface area contributed by atoms with E-state index in [1.807, 2.05) is 0 Å². The van der Waals surface area contributed by atoms with Gasteiger partial charge < -0.3 is 0 Å². The Hall–Kier alpha value is 0.839. The summed E-state index contributed by atoms with van der Waals surface area (Å²) in [5, 5.41) is 1.78. The summed E-state index contributed by atoms with van der Waals surface area (Å²) in [4.78, 5) is 0. The summed E-state index contributed by atoms with van der Waals surface area (Å²) in [6, 6.07) is 0. The van der Waals surface area contributed by atoms with E-state index >= 15 is 0 Å². The van der Waals surface area contributed by atoms with Gasteiger partial charge in [-0.1, -0.05) is 111 Å². The molecule has 4 rings (SSSR count). The number of allylic oxidation sites excluding steroid dienone is 8. The molecular weight excluding hydrogens is 840 g/mol. The van der Waals surface area contributed by atoms with Crippen molar-refractivity contribution in [2.45, 2.75) is 154 Å². The second-order valence-electron chi connectivity index (χ2n) is 10.1. The minimum Gasteiger partial charge on any atom is -0.0885 e. The van der Waals surface area contributed by atoms with Gasteiger partial charge in [-0.15, -0.1) is 0 Å². The first-order chi connectivity index (χ1) is 16.8. The molecule has 4 aliphatic rings. The maximum absolute atomic E-state index is 5.89. The first-order valence-electron chi connectivity index (χ1n) is 14.8. The van der Waals surface area contributed by atoms with Crippen molar-refractivity contribution in [1.29, 1.82) is 0 Å². The molecule has 2 radical (unpaired) electrons. The van der Waals surface area contributed by atoms with Crippen molar-refractivity contribution in [1.82, 2.24) is 0 Å². The van der Waals surface area contributed by atoms with Crippen molar-refractivity contribution >= 4 is 23.2 Å². The van der Waals surface area contributed by atoms with Gasteiger partial charge in [0.25, 0.3) is 0 Å². The quantitative estimate of drug-likeness (QED) is 0.213. The Balaban J connectivity index is 0. The van der Waals surface area contributed by atoms with E-state index in [2.05, 4.69) is 36.5 Å². The summed E-state index contributed by atoms with van der Waals surface area (Å²) in [6.07, 6.45) is 46.0. The summed E-state index contributed by atoms with van der Waals surface area (Å²) >= 11 is 11.8. The van der Waals surface area contributed by atoms with Crippen molar-refractivity contribution in [2.75, 3.05) is 0 Å². The number of hydrogen-bond donors (Lipinski definition) is 0. The van der Waals surface area contributed by atoms with Crippen LogP contribution in [0.25, 0.3) is 0 Å². The van der Waals surface area contributed by atoms with Crippen molar-refractivity contribution in [3.63, 3.8) is 0 Å². The Morgan fingerprint density at radius 1 is 0.306 bits per heavy atom. The average Bonchev–Trinajstić information content (AvgIpc) is 2.75. The van der Waals surface area contributed by atoms with E-state index < -0.39 is 0 Å². The zero-order valence-electron chi connectivity index (χ0n) is 22.9. The van der Waals surface area contributed by atoms with E-state index in [4.69, 9.17) is 23.2 Å². The summed E-state index contributed by atoms with van der Waals surface area (Å²) < 4.78 is 0. The molecule has 0 bridgehead atoms. The fourth-order valence-corrected chi connectivity index (χ4v) is 4.98. The first kappa shape index (κ1) is 39.0. The molecule has 0 fully saturated rings. The van der Waals surface area contributed by atoms with Crippen LogP contribution < -0.4 is 0 Å². The monoisotopic (exact) mass is 894 g/mol. The molecule has 0 aliphatic heterocycles. The summed E-state index contributed by atoms with van der Waals surface area (Å²) in [5.41, 5.74) is 0. The van der Waals surface area contributed by atoms with E-state index in [0.29, 0.717) is 0 Å². The molecule has 0 aromatic heterocycles. The maximum atomic E-state index is 5.89. The molecule has 214 valence electrons. The summed E-state index contributed by atoms with van der Waals surface area (Å²) in [7, 11) is 0. The molecule has 0 nitrogen and oxygen atoms in total. The van der Waals surface area contributed by atoms with Crippen LogP contribution in [0.5, 0.6) is 0 Å². The third-order valence-electron chi connectivity index (χ3n) is 6.81. The number of rotatable bonds is 0. The molecular formula is C32H54Cl2Ir2. The molecule has 0 N–H and O–H groups in total. The molecule has 0 heterocycles. The van der Waals surface area contributed by atoms with Crippen LogP contribution >= 0.6 is 23.2 Å². The van der Waals surface area contributed by atoms with Gasteiger partial charge in [0.15, 0.2) is 0 Å². The minimum atomic E-state index is 0. The molecule has 36 heavy (non-hydrogen) atoms.